The van der Waals surface area contributed by atoms with Gasteiger partial charge in [0.15, 0.2) is 5.78 Å². The van der Waals surface area contributed by atoms with E-state index in [1.54, 1.807) is 24.5 Å². The maximum Gasteiger partial charge on any atom is 0.269 e. The molecule has 1 N–H and O–H groups in total. The van der Waals surface area contributed by atoms with Crippen LogP contribution in [-0.4, -0.2) is 20.7 Å². The highest BCUT2D eigenvalue weighted by molar-refractivity contribution is 6.02. The third kappa shape index (κ3) is 3.33. The molecule has 4 rings (SSSR count). The Labute approximate surface area is 162 Å². The molecule has 0 bridgehead atoms. The average Bonchev–Trinajstić information content (AvgIpc) is 2.99. The van der Waals surface area contributed by atoms with Gasteiger partial charge in [0.2, 0.25) is 0 Å². The van der Waals surface area contributed by atoms with Crippen molar-refractivity contribution in [1.29, 1.82) is 0 Å². The predicted molar refractivity (Wildman–Crippen MR) is 106 cm³/mol. The van der Waals surface area contributed by atoms with Gasteiger partial charge in [-0.25, -0.2) is 0 Å². The number of nitro benzene ring substituents is 1. The van der Waals surface area contributed by atoms with Gasteiger partial charge in [0.05, 0.1) is 10.6 Å². The molecule has 1 aliphatic rings. The number of carbonyl (C=O) groups is 1. The predicted octanol–water partition coefficient (Wildman–Crippen LogP) is 4.73. The first kappa shape index (κ1) is 18.1. The zero-order valence-corrected chi connectivity index (χ0v) is 15.9. The number of nitrogens with one attached hydrogen (secondary N) is 1. The Hall–Kier alpha value is -3.28. The Balaban J connectivity index is 1.86. The van der Waals surface area contributed by atoms with Crippen LogP contribution < -0.4 is 0 Å². The molecule has 0 amide bonds. The summed E-state index contributed by atoms with van der Waals surface area (Å²) in [5.41, 5.74) is 5.23. The van der Waals surface area contributed by atoms with Crippen LogP contribution in [0.15, 0.2) is 48.8 Å². The minimum absolute atomic E-state index is 0.0554. The van der Waals surface area contributed by atoms with Gasteiger partial charge in [0, 0.05) is 54.2 Å². The van der Waals surface area contributed by atoms with Crippen molar-refractivity contribution in [1.82, 2.24) is 9.97 Å². The van der Waals surface area contributed by atoms with Gasteiger partial charge in [-0.05, 0) is 35.1 Å². The van der Waals surface area contributed by atoms with Crippen molar-refractivity contribution in [3.05, 3.63) is 81.3 Å². The second-order valence-electron chi connectivity index (χ2n) is 8.11. The Kier molecular flexibility index (Phi) is 4.34. The first-order valence-electron chi connectivity index (χ1n) is 9.25. The largest absolute Gasteiger partial charge is 0.358 e. The summed E-state index contributed by atoms with van der Waals surface area (Å²) in [7, 11) is 0. The van der Waals surface area contributed by atoms with Crippen LogP contribution >= 0.6 is 0 Å². The van der Waals surface area contributed by atoms with E-state index < -0.39 is 4.92 Å². The van der Waals surface area contributed by atoms with Crippen molar-refractivity contribution in [3.8, 4) is 11.3 Å². The number of carbonyl (C=O) groups excluding carboxylic acids is 1. The number of hydrogen-bond acceptors (Lipinski definition) is 4. The molecule has 2 heterocycles. The van der Waals surface area contributed by atoms with E-state index in [9.17, 15) is 14.9 Å². The fourth-order valence-electron chi connectivity index (χ4n) is 4.06. The number of rotatable bonds is 4. The number of Topliss-reactive ketones (excluding diaryl/α,β-unsaturated/α-hetero) is 1. The molecule has 0 aliphatic heterocycles. The number of fused-ring (bicyclic) bond motifs is 1. The lowest BCUT2D eigenvalue weighted by Crippen LogP contribution is -2.27. The smallest absolute Gasteiger partial charge is 0.269 e. The molecule has 6 nitrogen and oxygen atoms in total. The Bertz CT molecular complexity index is 1070. The fourth-order valence-corrected chi connectivity index (χ4v) is 4.06. The van der Waals surface area contributed by atoms with Gasteiger partial charge in [0.1, 0.15) is 0 Å². The average molecular weight is 375 g/mol. The summed E-state index contributed by atoms with van der Waals surface area (Å²) >= 11 is 0. The zero-order chi connectivity index (χ0) is 19.9. The summed E-state index contributed by atoms with van der Waals surface area (Å²) in [6, 6.07) is 10.4. The summed E-state index contributed by atoms with van der Waals surface area (Å²) in [5, 5.41) is 11.1. The Morgan fingerprint density at radius 3 is 2.64 bits per heavy atom. The lowest BCUT2D eigenvalue weighted by Gasteiger charge is -2.28. The number of nitrogens with zero attached hydrogens (tertiary/aromatic N) is 2. The molecule has 0 saturated heterocycles. The number of pyridine rings is 1. The van der Waals surface area contributed by atoms with Crippen molar-refractivity contribution in [2.75, 3.05) is 0 Å². The number of non-ortho nitro benzene ring substituents is 1. The van der Waals surface area contributed by atoms with Crippen molar-refractivity contribution in [2.24, 2.45) is 5.41 Å². The van der Waals surface area contributed by atoms with Crippen LogP contribution in [-0.2, 0) is 12.8 Å². The van der Waals surface area contributed by atoms with E-state index >= 15 is 0 Å². The molecule has 6 heteroatoms. The van der Waals surface area contributed by atoms with Gasteiger partial charge >= 0.3 is 0 Å². The zero-order valence-electron chi connectivity index (χ0n) is 15.9. The fraction of sp³-hybridized carbons (Fsp3) is 0.273. The molecule has 28 heavy (non-hydrogen) atoms. The van der Waals surface area contributed by atoms with Gasteiger partial charge in [-0.2, -0.15) is 0 Å². The topological polar surface area (TPSA) is 88.9 Å². The maximum atomic E-state index is 13.0. The maximum absolute atomic E-state index is 13.0. The lowest BCUT2D eigenvalue weighted by molar-refractivity contribution is -0.384. The highest BCUT2D eigenvalue weighted by Crippen LogP contribution is 2.40. The molecule has 0 fully saturated rings. The highest BCUT2D eigenvalue weighted by atomic mass is 16.6. The van der Waals surface area contributed by atoms with E-state index in [0.717, 1.165) is 40.1 Å². The van der Waals surface area contributed by atoms with Crippen molar-refractivity contribution in [2.45, 2.75) is 33.1 Å². The number of ketones is 1. The van der Waals surface area contributed by atoms with Crippen LogP contribution in [0.2, 0.25) is 0 Å². The normalized spacial score (nSPS) is 15.3. The number of benzene rings is 1. The number of aromatic nitrogens is 2. The van der Waals surface area contributed by atoms with E-state index in [4.69, 9.17) is 0 Å². The van der Waals surface area contributed by atoms with Gasteiger partial charge in [-0.1, -0.05) is 26.0 Å². The molecule has 0 radical (unpaired) electrons. The standard InChI is InChI=1S/C22H21N3O3/c1-22(2)12-18-20(19(26)13-22)17(21(24-18)15-6-8-23-9-7-15)11-14-4-3-5-16(10-14)25(27)28/h3-10,24H,11-13H2,1-2H3. The highest BCUT2D eigenvalue weighted by Gasteiger charge is 2.35. The van der Waals surface area contributed by atoms with Crippen LogP contribution in [0, 0.1) is 15.5 Å². The van der Waals surface area contributed by atoms with E-state index in [2.05, 4.69) is 23.8 Å². The first-order valence-corrected chi connectivity index (χ1v) is 9.25. The summed E-state index contributed by atoms with van der Waals surface area (Å²) in [4.78, 5) is 31.3. The molecule has 1 aromatic carbocycles. The van der Waals surface area contributed by atoms with Gasteiger partial charge < -0.3 is 4.98 Å². The number of aromatic amines is 1. The van der Waals surface area contributed by atoms with Crippen molar-refractivity contribution >= 4 is 11.5 Å². The third-order valence-corrected chi connectivity index (χ3v) is 5.23. The van der Waals surface area contributed by atoms with E-state index in [0.29, 0.717) is 12.8 Å². The quantitative estimate of drug-likeness (QED) is 0.527. The molecule has 0 atom stereocenters. The first-order chi connectivity index (χ1) is 13.3. The summed E-state index contributed by atoms with van der Waals surface area (Å²) in [5.74, 6) is 0.128. The van der Waals surface area contributed by atoms with Crippen molar-refractivity contribution in [3.63, 3.8) is 0 Å². The second-order valence-corrected chi connectivity index (χ2v) is 8.11. The minimum Gasteiger partial charge on any atom is -0.358 e. The molecule has 2 aromatic heterocycles. The molecule has 3 aromatic rings. The Morgan fingerprint density at radius 1 is 1.18 bits per heavy atom. The lowest BCUT2D eigenvalue weighted by atomic mass is 9.75. The number of nitro groups is 1. The number of H-pyrrole nitrogens is 1. The van der Waals surface area contributed by atoms with E-state index in [1.807, 2.05) is 18.2 Å². The molecule has 0 spiro atoms. The van der Waals surface area contributed by atoms with Gasteiger partial charge in [0.25, 0.3) is 5.69 Å². The van der Waals surface area contributed by atoms with Crippen LogP contribution in [0.25, 0.3) is 11.3 Å². The number of hydrogen-bond donors (Lipinski definition) is 1. The summed E-state index contributed by atoms with van der Waals surface area (Å²) < 4.78 is 0. The third-order valence-electron chi connectivity index (χ3n) is 5.23. The summed E-state index contributed by atoms with van der Waals surface area (Å²) in [6.45, 7) is 4.20. The summed E-state index contributed by atoms with van der Waals surface area (Å²) in [6.07, 6.45) is 5.18. The van der Waals surface area contributed by atoms with Crippen LogP contribution in [0.3, 0.4) is 0 Å². The molecular weight excluding hydrogens is 354 g/mol. The molecule has 0 unspecified atom stereocenters. The van der Waals surface area contributed by atoms with Crippen molar-refractivity contribution < 1.29 is 9.72 Å². The van der Waals surface area contributed by atoms with E-state index in [1.165, 1.54) is 6.07 Å². The van der Waals surface area contributed by atoms with E-state index in [-0.39, 0.29) is 16.9 Å². The molecule has 1 aliphatic carbocycles. The second kappa shape index (κ2) is 6.71. The molecule has 142 valence electrons. The Morgan fingerprint density at radius 2 is 1.93 bits per heavy atom. The minimum atomic E-state index is -0.395. The van der Waals surface area contributed by atoms with Gasteiger partial charge in [-0.3, -0.25) is 19.9 Å². The molecular formula is C22H21N3O3. The van der Waals surface area contributed by atoms with Crippen LogP contribution in [0.1, 0.15) is 47.4 Å². The monoisotopic (exact) mass is 375 g/mol. The SMILES string of the molecule is CC1(C)CC(=O)c2c([nH]c(-c3ccncc3)c2Cc2cccc([N+](=O)[O-])c2)C1. The molecule has 0 saturated carbocycles. The van der Waals surface area contributed by atoms with Crippen LogP contribution in [0.4, 0.5) is 5.69 Å². The van der Waals surface area contributed by atoms with Gasteiger partial charge in [-0.15, -0.1) is 0 Å². The van der Waals surface area contributed by atoms with Crippen LogP contribution in [0.5, 0.6) is 0 Å².